The predicted octanol–water partition coefficient (Wildman–Crippen LogP) is 3.62. The van der Waals surface area contributed by atoms with Crippen LogP contribution >= 0.6 is 0 Å². The van der Waals surface area contributed by atoms with E-state index in [1.54, 1.807) is 17.0 Å². The third kappa shape index (κ3) is 5.12. The number of nitrogens with zero attached hydrogens (tertiary/aromatic N) is 3. The summed E-state index contributed by atoms with van der Waals surface area (Å²) in [5, 5.41) is 34.9. The summed E-state index contributed by atoms with van der Waals surface area (Å²) in [6, 6.07) is 5.48. The average Bonchev–Trinajstić information content (AvgIpc) is 3.18. The van der Waals surface area contributed by atoms with Crippen molar-refractivity contribution in [2.45, 2.75) is 70.3 Å². The number of hydrogen-bond acceptors (Lipinski definition) is 8. The Bertz CT molecular complexity index is 1050. The quantitative estimate of drug-likeness (QED) is 0.418. The molecule has 4 aliphatic rings. The van der Waals surface area contributed by atoms with Crippen molar-refractivity contribution >= 4 is 11.6 Å². The Morgan fingerprint density at radius 1 is 1.24 bits per heavy atom. The van der Waals surface area contributed by atoms with E-state index in [2.05, 4.69) is 16.9 Å². The Labute approximate surface area is 216 Å². The van der Waals surface area contributed by atoms with Crippen LogP contribution in [-0.4, -0.2) is 64.2 Å². The van der Waals surface area contributed by atoms with Gasteiger partial charge in [0.05, 0.1) is 18.4 Å². The van der Waals surface area contributed by atoms with Gasteiger partial charge in [-0.1, -0.05) is 18.1 Å². The zero-order chi connectivity index (χ0) is 26.2. The number of amides is 1. The number of fused-ring (bicyclic) bond motifs is 5. The van der Waals surface area contributed by atoms with E-state index in [9.17, 15) is 25.1 Å². The van der Waals surface area contributed by atoms with Crippen LogP contribution in [0.2, 0.25) is 0 Å². The maximum atomic E-state index is 12.8. The van der Waals surface area contributed by atoms with E-state index in [1.807, 2.05) is 6.07 Å². The fraction of sp³-hybridized carbons (Fsp3) is 0.704. The van der Waals surface area contributed by atoms with Crippen LogP contribution in [0.3, 0.4) is 0 Å². The molecule has 5 atom stereocenters. The van der Waals surface area contributed by atoms with Gasteiger partial charge in [-0.15, -0.1) is 10.1 Å². The van der Waals surface area contributed by atoms with Gasteiger partial charge in [-0.05, 0) is 98.1 Å². The molecule has 1 aromatic carbocycles. The molecule has 10 nitrogen and oxygen atoms in total. The van der Waals surface area contributed by atoms with Gasteiger partial charge in [-0.3, -0.25) is 4.79 Å². The maximum Gasteiger partial charge on any atom is 0.294 e. The number of benzene rings is 1. The summed E-state index contributed by atoms with van der Waals surface area (Å²) in [5.74, 6) is 1.50. The summed E-state index contributed by atoms with van der Waals surface area (Å²) >= 11 is 0. The molecule has 0 aromatic heterocycles. The van der Waals surface area contributed by atoms with E-state index in [4.69, 9.17) is 4.84 Å². The minimum atomic E-state index is -0.770. The number of carbonyl (C=O) groups excluding carboxylic acids is 1. The van der Waals surface area contributed by atoms with Gasteiger partial charge < -0.3 is 24.8 Å². The number of aliphatic hydroxyl groups excluding tert-OH is 1. The normalized spacial score (nSPS) is 32.4. The topological polar surface area (TPSA) is 135 Å². The van der Waals surface area contributed by atoms with Crippen molar-refractivity contribution < 1.29 is 29.8 Å². The van der Waals surface area contributed by atoms with E-state index in [1.165, 1.54) is 5.56 Å². The fourth-order valence-electron chi connectivity index (χ4n) is 7.49. The molecule has 0 spiro atoms. The molecular weight excluding hydrogens is 478 g/mol. The molecule has 1 aromatic rings. The highest BCUT2D eigenvalue weighted by atomic mass is 16.9. The van der Waals surface area contributed by atoms with Crippen LogP contribution in [-0.2, 0) is 14.5 Å². The number of phenolic OH excluding ortho intramolecular Hbond substituents is 1. The van der Waals surface area contributed by atoms with Crippen molar-refractivity contribution in [3.05, 3.63) is 39.4 Å². The summed E-state index contributed by atoms with van der Waals surface area (Å²) in [6.45, 7) is 3.34. The number of likely N-dealkylation sites (tertiary alicyclic amines) is 1. The molecule has 1 saturated heterocycles. The van der Waals surface area contributed by atoms with Gasteiger partial charge in [0, 0.05) is 18.7 Å². The lowest BCUT2D eigenvalue weighted by molar-refractivity contribution is -0.758. The Hall–Kier alpha value is -2.88. The van der Waals surface area contributed by atoms with Crippen molar-refractivity contribution in [2.75, 3.05) is 26.3 Å². The Balaban J connectivity index is 1.22. The van der Waals surface area contributed by atoms with Crippen LogP contribution < -0.4 is 0 Å². The summed E-state index contributed by atoms with van der Waals surface area (Å²) < 4.78 is 0. The highest BCUT2D eigenvalue weighted by Gasteiger charge is 2.55. The first-order valence-electron chi connectivity index (χ1n) is 13.5. The van der Waals surface area contributed by atoms with Crippen molar-refractivity contribution in [3.8, 4) is 5.75 Å². The lowest BCUT2D eigenvalue weighted by Gasteiger charge is -2.50. The molecule has 1 amide bonds. The third-order valence-electron chi connectivity index (χ3n) is 9.62. The van der Waals surface area contributed by atoms with Crippen LogP contribution in [0.15, 0.2) is 23.4 Å². The molecule has 0 radical (unpaired) electrons. The lowest BCUT2D eigenvalue weighted by atomic mass is 9.55. The molecule has 1 aliphatic heterocycles. The molecule has 10 heteroatoms. The molecule has 1 heterocycles. The molecular formula is C27H37N3O7. The average molecular weight is 516 g/mol. The zero-order valence-corrected chi connectivity index (χ0v) is 21.4. The van der Waals surface area contributed by atoms with Gasteiger partial charge in [0.1, 0.15) is 5.75 Å². The number of aliphatic hydroxyl groups is 1. The number of aromatic hydroxyl groups is 1. The van der Waals surface area contributed by atoms with E-state index in [-0.39, 0.29) is 36.4 Å². The number of rotatable bonds is 7. The molecule has 5 rings (SSSR count). The van der Waals surface area contributed by atoms with Crippen LogP contribution in [0.4, 0.5) is 0 Å². The minimum absolute atomic E-state index is 0.0703. The molecule has 202 valence electrons. The van der Waals surface area contributed by atoms with Gasteiger partial charge in [0.25, 0.3) is 11.0 Å². The van der Waals surface area contributed by atoms with Crippen molar-refractivity contribution in [1.29, 1.82) is 0 Å². The summed E-state index contributed by atoms with van der Waals surface area (Å²) in [7, 11) is 0. The molecule has 0 bridgehead atoms. The van der Waals surface area contributed by atoms with Crippen molar-refractivity contribution in [1.82, 2.24) is 4.90 Å². The summed E-state index contributed by atoms with van der Waals surface area (Å²) in [4.78, 5) is 34.8. The number of phenols is 1. The Kier molecular flexibility index (Phi) is 7.29. The third-order valence-corrected chi connectivity index (χ3v) is 9.62. The second-order valence-electron chi connectivity index (χ2n) is 11.5. The van der Waals surface area contributed by atoms with Gasteiger partial charge in [0.15, 0.2) is 6.61 Å². The van der Waals surface area contributed by atoms with Gasteiger partial charge in [-0.2, -0.15) is 0 Å². The minimum Gasteiger partial charge on any atom is -0.508 e. The number of hydrogen-bond donors (Lipinski definition) is 2. The summed E-state index contributed by atoms with van der Waals surface area (Å²) in [6.07, 6.45) is 6.46. The first-order chi connectivity index (χ1) is 17.8. The van der Waals surface area contributed by atoms with Crippen LogP contribution in [0, 0.1) is 33.3 Å². The SMILES string of the molecule is CC12CC[C@@H]3c4ccc(O)cc4/C(=N/OCC(=O)N4CCC(CCO[N+](=O)[O-])CC4)CC3C1CCC2O. The summed E-state index contributed by atoms with van der Waals surface area (Å²) in [5.41, 5.74) is 2.76. The molecule has 37 heavy (non-hydrogen) atoms. The van der Waals surface area contributed by atoms with Gasteiger partial charge >= 0.3 is 0 Å². The molecule has 2 N–H and O–H groups in total. The standard InChI is InChI=1S/C27H37N3O7/c1-27-10-6-20-19-3-2-18(31)14-22(19)24(15-21(20)23(27)4-5-25(27)32)28-36-16-26(33)29-11-7-17(8-12-29)9-13-37-30(34)35/h2-3,14,17,20-21,23,25,31-32H,4-13,15-16H2,1H3/b28-24+/t20-,21?,23?,25?,27?/m1/s1. The van der Waals surface area contributed by atoms with Gasteiger partial charge in [0.2, 0.25) is 0 Å². The van der Waals surface area contributed by atoms with Crippen LogP contribution in [0.25, 0.3) is 0 Å². The fourth-order valence-corrected chi connectivity index (χ4v) is 7.49. The molecule has 2 saturated carbocycles. The predicted molar refractivity (Wildman–Crippen MR) is 134 cm³/mol. The highest BCUT2D eigenvalue weighted by molar-refractivity contribution is 6.03. The van der Waals surface area contributed by atoms with Gasteiger partial charge in [-0.25, -0.2) is 0 Å². The van der Waals surface area contributed by atoms with E-state index >= 15 is 0 Å². The van der Waals surface area contributed by atoms with Crippen molar-refractivity contribution in [3.63, 3.8) is 0 Å². The number of piperidine rings is 1. The van der Waals surface area contributed by atoms with Crippen LogP contribution in [0.5, 0.6) is 5.75 Å². The maximum absolute atomic E-state index is 12.8. The van der Waals surface area contributed by atoms with E-state index < -0.39 is 5.09 Å². The largest absolute Gasteiger partial charge is 0.508 e. The number of oxime groups is 1. The first kappa shape index (κ1) is 25.8. The smallest absolute Gasteiger partial charge is 0.294 e. The second-order valence-corrected chi connectivity index (χ2v) is 11.5. The monoisotopic (exact) mass is 515 g/mol. The zero-order valence-electron chi connectivity index (χ0n) is 21.4. The molecule has 3 fully saturated rings. The highest BCUT2D eigenvalue weighted by Crippen LogP contribution is 2.61. The van der Waals surface area contributed by atoms with E-state index in [0.29, 0.717) is 49.6 Å². The second kappa shape index (κ2) is 10.5. The molecule has 4 unspecified atom stereocenters. The lowest BCUT2D eigenvalue weighted by Crippen LogP contribution is -2.45. The first-order valence-corrected chi connectivity index (χ1v) is 13.5. The number of carbonyl (C=O) groups is 1. The Morgan fingerprint density at radius 2 is 2.03 bits per heavy atom. The van der Waals surface area contributed by atoms with E-state index in [0.717, 1.165) is 49.8 Å². The Morgan fingerprint density at radius 3 is 2.78 bits per heavy atom. The molecule has 3 aliphatic carbocycles. The van der Waals surface area contributed by atoms with Crippen LogP contribution in [0.1, 0.15) is 75.3 Å². The van der Waals surface area contributed by atoms with Crippen molar-refractivity contribution in [2.24, 2.45) is 28.3 Å².